The third kappa shape index (κ3) is 3.14. The van der Waals surface area contributed by atoms with E-state index in [1.54, 1.807) is 29.5 Å². The molecule has 1 N–H and O–H groups in total. The maximum atomic E-state index is 12.4. The van der Waals surface area contributed by atoms with Crippen LogP contribution < -0.4 is 5.56 Å². The molecule has 27 heavy (non-hydrogen) atoms. The Morgan fingerprint density at radius 3 is 2.96 bits per heavy atom. The summed E-state index contributed by atoms with van der Waals surface area (Å²) in [6.07, 6.45) is 2.20. The zero-order valence-corrected chi connectivity index (χ0v) is 16.1. The van der Waals surface area contributed by atoms with E-state index in [1.807, 2.05) is 12.1 Å². The number of benzene rings is 2. The number of aromatic amines is 1. The van der Waals surface area contributed by atoms with Crippen LogP contribution in [0.5, 0.6) is 0 Å². The number of likely N-dealkylation sites (tertiary alicyclic amines) is 1. The van der Waals surface area contributed by atoms with Crippen LogP contribution in [0.3, 0.4) is 0 Å². The number of hydrogen-bond donors (Lipinski definition) is 1. The summed E-state index contributed by atoms with van der Waals surface area (Å²) in [7, 11) is 0. The lowest BCUT2D eigenvalue weighted by molar-refractivity contribution is 0.242. The molecule has 0 radical (unpaired) electrons. The summed E-state index contributed by atoms with van der Waals surface area (Å²) in [5, 5.41) is 2.21. The van der Waals surface area contributed by atoms with Crippen molar-refractivity contribution in [1.29, 1.82) is 0 Å². The summed E-state index contributed by atoms with van der Waals surface area (Å²) in [4.78, 5) is 27.2. The average molecular weight is 397 g/mol. The first-order chi connectivity index (χ1) is 13.2. The summed E-state index contributed by atoms with van der Waals surface area (Å²) in [5.74, 6) is 0.683. The van der Waals surface area contributed by atoms with E-state index in [-0.39, 0.29) is 11.6 Å². The highest BCUT2D eigenvalue weighted by Crippen LogP contribution is 2.36. The SMILES string of the molecule is O=c1[nH]c(CN2CCC[C@H]2c2nc3ccccc3s2)nc2ccc(Cl)cc12. The topological polar surface area (TPSA) is 61.9 Å². The van der Waals surface area contributed by atoms with Crippen molar-refractivity contribution in [2.45, 2.75) is 25.4 Å². The van der Waals surface area contributed by atoms with Crippen molar-refractivity contribution in [3.8, 4) is 0 Å². The quantitative estimate of drug-likeness (QED) is 0.553. The van der Waals surface area contributed by atoms with E-state index in [0.717, 1.165) is 29.9 Å². The van der Waals surface area contributed by atoms with Gasteiger partial charge in [-0.05, 0) is 49.7 Å². The Hall–Kier alpha value is -2.28. The highest BCUT2D eigenvalue weighted by atomic mass is 35.5. The predicted octanol–water partition coefficient (Wildman–Crippen LogP) is 4.52. The van der Waals surface area contributed by atoms with Crippen LogP contribution in [0.4, 0.5) is 0 Å². The number of thiazole rings is 1. The van der Waals surface area contributed by atoms with Crippen LogP contribution in [0.15, 0.2) is 47.3 Å². The molecule has 136 valence electrons. The van der Waals surface area contributed by atoms with Gasteiger partial charge in [0.2, 0.25) is 0 Å². The molecule has 5 rings (SSSR count). The van der Waals surface area contributed by atoms with Gasteiger partial charge >= 0.3 is 0 Å². The number of rotatable bonds is 3. The normalized spacial score (nSPS) is 17.9. The van der Waals surface area contributed by atoms with Crippen molar-refractivity contribution in [3.05, 3.63) is 68.7 Å². The van der Waals surface area contributed by atoms with E-state index >= 15 is 0 Å². The molecule has 0 aliphatic carbocycles. The molecular weight excluding hydrogens is 380 g/mol. The Morgan fingerprint density at radius 1 is 1.19 bits per heavy atom. The highest BCUT2D eigenvalue weighted by Gasteiger charge is 2.29. The Kier molecular flexibility index (Phi) is 4.19. The van der Waals surface area contributed by atoms with Crippen molar-refractivity contribution in [2.24, 2.45) is 0 Å². The lowest BCUT2D eigenvalue weighted by Gasteiger charge is -2.22. The van der Waals surface area contributed by atoms with Gasteiger partial charge in [0.05, 0.1) is 33.7 Å². The molecule has 2 aromatic heterocycles. The monoisotopic (exact) mass is 396 g/mol. The van der Waals surface area contributed by atoms with Crippen LogP contribution in [0.2, 0.25) is 5.02 Å². The van der Waals surface area contributed by atoms with Crippen molar-refractivity contribution in [3.63, 3.8) is 0 Å². The summed E-state index contributed by atoms with van der Waals surface area (Å²) in [6.45, 7) is 1.58. The maximum Gasteiger partial charge on any atom is 0.258 e. The molecule has 0 bridgehead atoms. The molecule has 1 fully saturated rings. The van der Waals surface area contributed by atoms with E-state index in [1.165, 1.54) is 4.70 Å². The largest absolute Gasteiger partial charge is 0.309 e. The van der Waals surface area contributed by atoms with E-state index in [0.29, 0.717) is 28.3 Å². The van der Waals surface area contributed by atoms with Gasteiger partial charge in [-0.25, -0.2) is 9.97 Å². The third-order valence-corrected chi connectivity index (χ3v) is 6.40. The van der Waals surface area contributed by atoms with Crippen molar-refractivity contribution >= 4 is 44.1 Å². The molecule has 0 saturated carbocycles. The van der Waals surface area contributed by atoms with Crippen LogP contribution in [0.25, 0.3) is 21.1 Å². The van der Waals surface area contributed by atoms with E-state index in [9.17, 15) is 4.79 Å². The lowest BCUT2D eigenvalue weighted by Crippen LogP contribution is -2.25. The van der Waals surface area contributed by atoms with E-state index in [4.69, 9.17) is 16.6 Å². The van der Waals surface area contributed by atoms with Gasteiger partial charge in [0.1, 0.15) is 10.8 Å². The highest BCUT2D eigenvalue weighted by molar-refractivity contribution is 7.18. The van der Waals surface area contributed by atoms with E-state index in [2.05, 4.69) is 27.0 Å². The molecule has 0 amide bonds. The molecule has 1 aliphatic heterocycles. The molecule has 7 heteroatoms. The molecule has 0 unspecified atom stereocenters. The number of nitrogens with zero attached hydrogens (tertiary/aromatic N) is 3. The van der Waals surface area contributed by atoms with Crippen LogP contribution in [-0.4, -0.2) is 26.4 Å². The molecule has 2 aromatic carbocycles. The smallest absolute Gasteiger partial charge is 0.258 e. The summed E-state index contributed by atoms with van der Waals surface area (Å²) in [5.41, 5.74) is 1.58. The first-order valence-corrected chi connectivity index (χ1v) is 10.1. The molecular formula is C20H17ClN4OS. The van der Waals surface area contributed by atoms with Crippen LogP contribution in [-0.2, 0) is 6.54 Å². The van der Waals surface area contributed by atoms with E-state index < -0.39 is 0 Å². The number of H-pyrrole nitrogens is 1. The van der Waals surface area contributed by atoms with Gasteiger partial charge in [-0.15, -0.1) is 11.3 Å². The fourth-order valence-electron chi connectivity index (χ4n) is 3.75. The Morgan fingerprint density at radius 2 is 2.07 bits per heavy atom. The fourth-order valence-corrected chi connectivity index (χ4v) is 5.06. The van der Waals surface area contributed by atoms with Crippen LogP contribution >= 0.6 is 22.9 Å². The van der Waals surface area contributed by atoms with Crippen molar-refractivity contribution in [1.82, 2.24) is 19.9 Å². The summed E-state index contributed by atoms with van der Waals surface area (Å²) >= 11 is 7.75. The zero-order chi connectivity index (χ0) is 18.4. The van der Waals surface area contributed by atoms with Gasteiger partial charge in [0.25, 0.3) is 5.56 Å². The van der Waals surface area contributed by atoms with Gasteiger partial charge in [-0.1, -0.05) is 23.7 Å². The second kappa shape index (κ2) is 6.71. The maximum absolute atomic E-state index is 12.4. The first-order valence-electron chi connectivity index (χ1n) is 8.95. The Labute approximate surface area is 164 Å². The first kappa shape index (κ1) is 16.9. The Balaban J connectivity index is 1.46. The van der Waals surface area contributed by atoms with Gasteiger partial charge in [0, 0.05) is 5.02 Å². The number of para-hydroxylation sites is 1. The number of halogens is 1. The third-order valence-electron chi connectivity index (χ3n) is 5.03. The van der Waals surface area contributed by atoms with Gasteiger partial charge in [-0.2, -0.15) is 0 Å². The average Bonchev–Trinajstić information content (AvgIpc) is 3.28. The predicted molar refractivity (Wildman–Crippen MR) is 109 cm³/mol. The molecule has 4 aromatic rings. The number of hydrogen-bond acceptors (Lipinski definition) is 5. The number of nitrogens with one attached hydrogen (secondary N) is 1. The zero-order valence-electron chi connectivity index (χ0n) is 14.5. The minimum atomic E-state index is -0.145. The van der Waals surface area contributed by atoms with Gasteiger partial charge in [0.15, 0.2) is 0 Å². The van der Waals surface area contributed by atoms with Crippen molar-refractivity contribution < 1.29 is 0 Å². The second-order valence-electron chi connectivity index (χ2n) is 6.82. The van der Waals surface area contributed by atoms with Crippen LogP contribution in [0, 0.1) is 0 Å². The fraction of sp³-hybridized carbons (Fsp3) is 0.250. The molecule has 1 atom stereocenters. The summed E-state index contributed by atoms with van der Waals surface area (Å²) < 4.78 is 1.22. The lowest BCUT2D eigenvalue weighted by atomic mass is 10.2. The number of aromatic nitrogens is 3. The second-order valence-corrected chi connectivity index (χ2v) is 8.32. The minimum Gasteiger partial charge on any atom is -0.309 e. The standard InChI is InChI=1S/C20H17ClN4OS/c21-12-7-8-14-13(10-12)19(26)24-18(22-14)11-25-9-3-5-16(25)20-23-15-4-1-2-6-17(15)27-20/h1-2,4,6-8,10,16H,3,5,9,11H2,(H,22,24,26)/t16-/m0/s1. The number of fused-ring (bicyclic) bond motifs is 2. The molecule has 3 heterocycles. The van der Waals surface area contributed by atoms with Gasteiger partial charge in [-0.3, -0.25) is 9.69 Å². The molecule has 5 nitrogen and oxygen atoms in total. The molecule has 1 aliphatic rings. The van der Waals surface area contributed by atoms with Crippen LogP contribution in [0.1, 0.15) is 29.7 Å². The Bertz CT molecular complexity index is 1170. The van der Waals surface area contributed by atoms with Gasteiger partial charge < -0.3 is 4.98 Å². The summed E-state index contributed by atoms with van der Waals surface area (Å²) in [6, 6.07) is 13.7. The molecule has 1 saturated heterocycles. The molecule has 0 spiro atoms. The minimum absolute atomic E-state index is 0.145. The van der Waals surface area contributed by atoms with Crippen molar-refractivity contribution in [2.75, 3.05) is 6.54 Å².